The topological polar surface area (TPSA) is 91.8 Å². The number of carbonyl (C=O) groups excluding carboxylic acids is 1. The lowest BCUT2D eigenvalue weighted by molar-refractivity contribution is -0.120. The Labute approximate surface area is 162 Å². The minimum absolute atomic E-state index is 0.00175. The summed E-state index contributed by atoms with van der Waals surface area (Å²) in [6.45, 7) is 5.55. The molecule has 0 radical (unpaired) electrons. The molecule has 0 aliphatic rings. The average Bonchev–Trinajstić information content (AvgIpc) is 3.20. The minimum Gasteiger partial charge on any atom is -0.461 e. The smallest absolute Gasteiger partial charge is 0.231 e. The highest BCUT2D eigenvalue weighted by Crippen LogP contribution is 2.28. The lowest BCUT2D eigenvalue weighted by Gasteiger charge is -2.27. The van der Waals surface area contributed by atoms with Crippen molar-refractivity contribution in [3.8, 4) is 17.7 Å². The standard InChI is InChI=1S/C20H20N4O2S/c1-13(2)20(3,12-21)24-17(25)11-27-19-14-7-4-5-8-15(14)22-18(23-19)16-9-6-10-26-16/h4-10,13H,11H2,1-3H3,(H,24,25). The van der Waals surface area contributed by atoms with Crippen molar-refractivity contribution in [2.45, 2.75) is 31.3 Å². The fourth-order valence-corrected chi connectivity index (χ4v) is 3.25. The summed E-state index contributed by atoms with van der Waals surface area (Å²) in [5, 5.41) is 13.8. The summed E-state index contributed by atoms with van der Waals surface area (Å²) in [4.78, 5) is 21.5. The number of rotatable bonds is 6. The summed E-state index contributed by atoms with van der Waals surface area (Å²) in [5.41, 5.74) is -0.115. The molecule has 1 amide bonds. The van der Waals surface area contributed by atoms with Crippen LogP contribution in [0.5, 0.6) is 0 Å². The van der Waals surface area contributed by atoms with Crippen LogP contribution in [0.1, 0.15) is 20.8 Å². The van der Waals surface area contributed by atoms with E-state index in [4.69, 9.17) is 4.42 Å². The molecule has 3 aromatic rings. The second kappa shape index (κ2) is 7.80. The lowest BCUT2D eigenvalue weighted by Crippen LogP contribution is -2.49. The number of carbonyl (C=O) groups is 1. The first-order valence-electron chi connectivity index (χ1n) is 8.58. The van der Waals surface area contributed by atoms with Crippen molar-refractivity contribution in [2.24, 2.45) is 5.92 Å². The van der Waals surface area contributed by atoms with E-state index in [1.807, 2.05) is 38.1 Å². The number of nitrogens with one attached hydrogen (secondary N) is 1. The molecule has 1 unspecified atom stereocenters. The number of nitriles is 1. The van der Waals surface area contributed by atoms with Crippen LogP contribution < -0.4 is 5.32 Å². The van der Waals surface area contributed by atoms with Crippen molar-refractivity contribution in [1.29, 1.82) is 5.26 Å². The molecule has 2 aromatic heterocycles. The van der Waals surface area contributed by atoms with Crippen LogP contribution in [-0.4, -0.2) is 27.2 Å². The largest absolute Gasteiger partial charge is 0.461 e. The van der Waals surface area contributed by atoms with Crippen LogP contribution in [0, 0.1) is 17.2 Å². The third kappa shape index (κ3) is 4.12. The van der Waals surface area contributed by atoms with Gasteiger partial charge in [-0.2, -0.15) is 5.26 Å². The third-order valence-electron chi connectivity index (χ3n) is 4.44. The molecule has 0 saturated heterocycles. The van der Waals surface area contributed by atoms with Gasteiger partial charge in [0.25, 0.3) is 0 Å². The fourth-order valence-electron chi connectivity index (χ4n) is 2.43. The number of benzene rings is 1. The number of nitrogens with zero attached hydrogens (tertiary/aromatic N) is 3. The zero-order chi connectivity index (χ0) is 19.4. The van der Waals surface area contributed by atoms with E-state index in [0.717, 1.165) is 10.9 Å². The normalized spacial score (nSPS) is 13.3. The van der Waals surface area contributed by atoms with Crippen molar-refractivity contribution in [1.82, 2.24) is 15.3 Å². The van der Waals surface area contributed by atoms with Crippen LogP contribution in [-0.2, 0) is 4.79 Å². The van der Waals surface area contributed by atoms with Crippen molar-refractivity contribution in [3.05, 3.63) is 42.7 Å². The Balaban J connectivity index is 1.84. The Morgan fingerprint density at radius 2 is 2.07 bits per heavy atom. The molecule has 0 spiro atoms. The molecule has 0 aliphatic carbocycles. The van der Waals surface area contributed by atoms with Crippen LogP contribution in [0.25, 0.3) is 22.5 Å². The van der Waals surface area contributed by atoms with E-state index < -0.39 is 5.54 Å². The Morgan fingerprint density at radius 1 is 1.30 bits per heavy atom. The van der Waals surface area contributed by atoms with Gasteiger partial charge in [0.05, 0.1) is 23.6 Å². The van der Waals surface area contributed by atoms with Gasteiger partial charge in [0.1, 0.15) is 10.6 Å². The summed E-state index contributed by atoms with van der Waals surface area (Å²) in [5.74, 6) is 0.999. The van der Waals surface area contributed by atoms with Crippen molar-refractivity contribution >= 4 is 28.6 Å². The number of thioether (sulfide) groups is 1. The van der Waals surface area contributed by atoms with E-state index >= 15 is 0 Å². The Morgan fingerprint density at radius 3 is 2.74 bits per heavy atom. The molecular formula is C20H20N4O2S. The van der Waals surface area contributed by atoms with Gasteiger partial charge in [-0.1, -0.05) is 43.8 Å². The van der Waals surface area contributed by atoms with E-state index in [1.54, 1.807) is 25.3 Å². The Hall–Kier alpha value is -2.85. The van der Waals surface area contributed by atoms with Crippen LogP contribution in [0.4, 0.5) is 0 Å². The number of aromatic nitrogens is 2. The molecule has 27 heavy (non-hydrogen) atoms. The molecule has 2 heterocycles. The number of fused-ring (bicyclic) bond motifs is 1. The maximum absolute atomic E-state index is 12.4. The monoisotopic (exact) mass is 380 g/mol. The molecule has 7 heteroatoms. The molecule has 138 valence electrons. The van der Waals surface area contributed by atoms with Crippen LogP contribution in [0.15, 0.2) is 52.1 Å². The first kappa shape index (κ1) is 18.9. The summed E-state index contributed by atoms with van der Waals surface area (Å²) in [6, 6.07) is 13.4. The first-order valence-corrected chi connectivity index (χ1v) is 9.57. The highest BCUT2D eigenvalue weighted by Gasteiger charge is 2.30. The molecule has 0 saturated carbocycles. The van der Waals surface area contributed by atoms with Crippen LogP contribution in [0.2, 0.25) is 0 Å². The maximum atomic E-state index is 12.4. The number of hydrogen-bond acceptors (Lipinski definition) is 6. The van der Waals surface area contributed by atoms with Gasteiger partial charge in [-0.15, -0.1) is 0 Å². The van der Waals surface area contributed by atoms with Crippen molar-refractivity contribution < 1.29 is 9.21 Å². The average molecular weight is 380 g/mol. The zero-order valence-electron chi connectivity index (χ0n) is 15.4. The van der Waals surface area contributed by atoms with Gasteiger partial charge in [0.15, 0.2) is 11.6 Å². The van der Waals surface area contributed by atoms with E-state index in [2.05, 4.69) is 21.4 Å². The Kier molecular flexibility index (Phi) is 5.47. The van der Waals surface area contributed by atoms with Gasteiger partial charge in [-0.25, -0.2) is 9.97 Å². The second-order valence-corrected chi connectivity index (χ2v) is 7.62. The molecule has 1 N–H and O–H groups in total. The maximum Gasteiger partial charge on any atom is 0.231 e. The van der Waals surface area contributed by atoms with E-state index in [9.17, 15) is 10.1 Å². The SMILES string of the molecule is CC(C)C(C)(C#N)NC(=O)CSc1nc(-c2ccco2)nc2ccccc12. The fraction of sp³-hybridized carbons (Fsp3) is 0.300. The van der Waals surface area contributed by atoms with E-state index in [-0.39, 0.29) is 17.6 Å². The second-order valence-electron chi connectivity index (χ2n) is 6.65. The molecule has 0 aliphatic heterocycles. The summed E-state index contributed by atoms with van der Waals surface area (Å²) in [6.07, 6.45) is 1.57. The molecule has 0 bridgehead atoms. The summed E-state index contributed by atoms with van der Waals surface area (Å²) in [7, 11) is 0. The molecular weight excluding hydrogens is 360 g/mol. The highest BCUT2D eigenvalue weighted by molar-refractivity contribution is 8.00. The predicted molar refractivity (Wildman–Crippen MR) is 105 cm³/mol. The van der Waals surface area contributed by atoms with Crippen molar-refractivity contribution in [2.75, 3.05) is 5.75 Å². The molecule has 1 atom stereocenters. The van der Waals surface area contributed by atoms with E-state index in [1.165, 1.54) is 11.8 Å². The predicted octanol–water partition coefficient (Wildman–Crippen LogP) is 4.04. The van der Waals surface area contributed by atoms with Crippen LogP contribution in [0.3, 0.4) is 0 Å². The van der Waals surface area contributed by atoms with E-state index in [0.29, 0.717) is 16.6 Å². The lowest BCUT2D eigenvalue weighted by atomic mass is 9.90. The van der Waals surface area contributed by atoms with Crippen molar-refractivity contribution in [3.63, 3.8) is 0 Å². The number of hydrogen-bond donors (Lipinski definition) is 1. The molecule has 0 fully saturated rings. The molecule has 6 nitrogen and oxygen atoms in total. The first-order chi connectivity index (χ1) is 12.9. The Bertz CT molecular complexity index is 995. The van der Waals surface area contributed by atoms with Gasteiger partial charge >= 0.3 is 0 Å². The van der Waals surface area contributed by atoms with Gasteiger partial charge in [0.2, 0.25) is 5.91 Å². The zero-order valence-corrected chi connectivity index (χ0v) is 16.2. The third-order valence-corrected chi connectivity index (χ3v) is 5.43. The minimum atomic E-state index is -0.898. The number of para-hydroxylation sites is 1. The molecule has 3 rings (SSSR count). The summed E-state index contributed by atoms with van der Waals surface area (Å²) >= 11 is 1.32. The van der Waals surface area contributed by atoms with Gasteiger partial charge < -0.3 is 9.73 Å². The van der Waals surface area contributed by atoms with Gasteiger partial charge in [0, 0.05) is 5.39 Å². The number of furan rings is 1. The molecule has 1 aromatic carbocycles. The summed E-state index contributed by atoms with van der Waals surface area (Å²) < 4.78 is 5.41. The number of amides is 1. The van der Waals surface area contributed by atoms with Gasteiger partial charge in [-0.3, -0.25) is 4.79 Å². The van der Waals surface area contributed by atoms with Gasteiger partial charge in [-0.05, 0) is 31.0 Å². The van der Waals surface area contributed by atoms with Crippen LogP contribution >= 0.6 is 11.8 Å². The quantitative estimate of drug-likeness (QED) is 0.513. The highest BCUT2D eigenvalue weighted by atomic mass is 32.2.